The molecule has 2 rings (SSSR count). The van der Waals surface area contributed by atoms with E-state index in [1.165, 1.54) is 6.07 Å². The van der Waals surface area contributed by atoms with Gasteiger partial charge in [0.1, 0.15) is 17.6 Å². The number of hydrogen-bond donors (Lipinski definition) is 2. The number of nitrogens with two attached hydrogens (primary N) is 1. The van der Waals surface area contributed by atoms with Crippen molar-refractivity contribution in [2.24, 2.45) is 5.84 Å². The van der Waals surface area contributed by atoms with Crippen molar-refractivity contribution in [1.29, 1.82) is 0 Å². The molecule has 0 fully saturated rings. The molecule has 0 saturated heterocycles. The molecule has 0 saturated carbocycles. The molecule has 3 N–H and O–H groups in total. The Morgan fingerprint density at radius 2 is 2.00 bits per heavy atom. The van der Waals surface area contributed by atoms with Crippen LogP contribution in [0, 0.1) is 5.82 Å². The highest BCUT2D eigenvalue weighted by molar-refractivity contribution is 9.10. The summed E-state index contributed by atoms with van der Waals surface area (Å²) in [4.78, 5) is 0. The summed E-state index contributed by atoms with van der Waals surface area (Å²) < 4.78 is 20.0. The molecule has 1 atom stereocenters. The van der Waals surface area contributed by atoms with Crippen molar-refractivity contribution >= 4 is 31.9 Å². The molecule has 0 aliphatic carbocycles. The molecule has 1 aromatic heterocycles. The quantitative estimate of drug-likeness (QED) is 0.648. The van der Waals surface area contributed by atoms with E-state index in [1.807, 2.05) is 0 Å². The van der Waals surface area contributed by atoms with E-state index >= 15 is 0 Å². The number of halogens is 3. The fourth-order valence-electron chi connectivity index (χ4n) is 1.53. The minimum Gasteiger partial charge on any atom is -0.466 e. The molecule has 2 aromatic rings. The van der Waals surface area contributed by atoms with E-state index in [4.69, 9.17) is 10.3 Å². The maximum Gasteiger partial charge on any atom is 0.140 e. The Hall–Kier alpha value is -0.690. The zero-order valence-corrected chi connectivity index (χ0v) is 11.8. The summed E-state index contributed by atoms with van der Waals surface area (Å²) in [6, 6.07) is 6.17. The Morgan fingerprint density at radius 1 is 1.24 bits per heavy atom. The Bertz CT molecular complexity index is 530. The Labute approximate surface area is 114 Å². The number of benzene rings is 1. The van der Waals surface area contributed by atoms with Gasteiger partial charge in [0.15, 0.2) is 0 Å². The van der Waals surface area contributed by atoms with Crippen LogP contribution in [0.5, 0.6) is 0 Å². The molecule has 0 radical (unpaired) electrons. The first-order valence-corrected chi connectivity index (χ1v) is 6.36. The number of rotatable bonds is 3. The monoisotopic (exact) mass is 362 g/mol. The molecule has 1 heterocycles. The Balaban J connectivity index is 2.42. The van der Waals surface area contributed by atoms with Crippen molar-refractivity contribution in [3.8, 4) is 0 Å². The van der Waals surface area contributed by atoms with Crippen LogP contribution in [-0.4, -0.2) is 0 Å². The fraction of sp³-hybridized carbons (Fsp3) is 0.0909. The van der Waals surface area contributed by atoms with Crippen LogP contribution in [0.1, 0.15) is 17.4 Å². The zero-order chi connectivity index (χ0) is 12.4. The molecule has 0 aliphatic rings. The van der Waals surface area contributed by atoms with Crippen LogP contribution in [-0.2, 0) is 0 Å². The molecule has 17 heavy (non-hydrogen) atoms. The van der Waals surface area contributed by atoms with E-state index in [9.17, 15) is 4.39 Å². The van der Waals surface area contributed by atoms with Crippen molar-refractivity contribution in [2.75, 3.05) is 0 Å². The van der Waals surface area contributed by atoms with Crippen molar-refractivity contribution in [3.05, 3.63) is 56.6 Å². The first kappa shape index (κ1) is 12.8. The molecule has 3 nitrogen and oxygen atoms in total. The van der Waals surface area contributed by atoms with Gasteiger partial charge in [-0.1, -0.05) is 6.07 Å². The van der Waals surface area contributed by atoms with E-state index in [0.717, 1.165) is 4.47 Å². The van der Waals surface area contributed by atoms with Crippen LogP contribution in [0.2, 0.25) is 0 Å². The number of hydrogen-bond acceptors (Lipinski definition) is 3. The average Bonchev–Trinajstić information content (AvgIpc) is 2.71. The van der Waals surface area contributed by atoms with Crippen molar-refractivity contribution < 1.29 is 8.81 Å². The van der Waals surface area contributed by atoms with Gasteiger partial charge < -0.3 is 4.42 Å². The number of furan rings is 1. The highest BCUT2D eigenvalue weighted by Gasteiger charge is 2.19. The lowest BCUT2D eigenvalue weighted by atomic mass is 10.1. The van der Waals surface area contributed by atoms with E-state index in [1.54, 1.807) is 24.5 Å². The summed E-state index contributed by atoms with van der Waals surface area (Å²) >= 11 is 6.45. The van der Waals surface area contributed by atoms with Crippen molar-refractivity contribution in [1.82, 2.24) is 5.43 Å². The van der Waals surface area contributed by atoms with E-state index in [-0.39, 0.29) is 5.82 Å². The Morgan fingerprint density at radius 3 is 2.53 bits per heavy atom. The van der Waals surface area contributed by atoms with Gasteiger partial charge >= 0.3 is 0 Å². The third kappa shape index (κ3) is 2.60. The zero-order valence-electron chi connectivity index (χ0n) is 8.58. The second-order valence-electron chi connectivity index (χ2n) is 3.41. The maximum absolute atomic E-state index is 13.5. The average molecular weight is 364 g/mol. The second kappa shape index (κ2) is 5.30. The first-order chi connectivity index (χ1) is 8.13. The third-order valence-electron chi connectivity index (χ3n) is 2.35. The molecule has 6 heteroatoms. The normalized spacial score (nSPS) is 12.7. The lowest BCUT2D eigenvalue weighted by Gasteiger charge is -2.14. The summed E-state index contributed by atoms with van der Waals surface area (Å²) in [5.74, 6) is 5.75. The molecular weight excluding hydrogens is 355 g/mol. The standard InChI is InChI=1S/C11H9Br2FN2O/c12-7-2-1-6(5-9(7)14)10(16-15)11-8(13)3-4-17-11/h1-5,10,16H,15H2. The van der Waals surface area contributed by atoms with Crippen LogP contribution in [0.25, 0.3) is 0 Å². The van der Waals surface area contributed by atoms with Crippen LogP contribution in [0.15, 0.2) is 43.9 Å². The van der Waals surface area contributed by atoms with Gasteiger partial charge in [-0.3, -0.25) is 5.84 Å². The van der Waals surface area contributed by atoms with Gasteiger partial charge in [-0.05, 0) is 55.6 Å². The number of hydrazine groups is 1. The molecule has 0 aliphatic heterocycles. The second-order valence-corrected chi connectivity index (χ2v) is 5.11. The van der Waals surface area contributed by atoms with Crippen LogP contribution in [0.4, 0.5) is 4.39 Å². The maximum atomic E-state index is 13.5. The minimum atomic E-state index is -0.401. The molecule has 1 unspecified atom stereocenters. The molecule has 0 amide bonds. The van der Waals surface area contributed by atoms with Crippen molar-refractivity contribution in [2.45, 2.75) is 6.04 Å². The molecule has 90 valence electrons. The van der Waals surface area contributed by atoms with Gasteiger partial charge in [-0.15, -0.1) is 0 Å². The van der Waals surface area contributed by atoms with Crippen molar-refractivity contribution in [3.63, 3.8) is 0 Å². The fourth-order valence-corrected chi connectivity index (χ4v) is 2.20. The predicted molar refractivity (Wildman–Crippen MR) is 69.7 cm³/mol. The van der Waals surface area contributed by atoms with Gasteiger partial charge in [-0.2, -0.15) is 0 Å². The number of nitrogens with one attached hydrogen (secondary N) is 1. The van der Waals surface area contributed by atoms with E-state index in [0.29, 0.717) is 15.8 Å². The summed E-state index contributed by atoms with van der Waals surface area (Å²) in [7, 11) is 0. The lowest BCUT2D eigenvalue weighted by molar-refractivity contribution is 0.448. The SMILES string of the molecule is NNC(c1ccc(Br)c(F)c1)c1occc1Br. The van der Waals surface area contributed by atoms with Crippen LogP contribution >= 0.6 is 31.9 Å². The highest BCUT2D eigenvalue weighted by atomic mass is 79.9. The topological polar surface area (TPSA) is 51.2 Å². The van der Waals surface area contributed by atoms with Gasteiger partial charge in [0.25, 0.3) is 0 Å². The van der Waals surface area contributed by atoms with Gasteiger partial charge in [0.2, 0.25) is 0 Å². The predicted octanol–water partition coefficient (Wildman–Crippen LogP) is 3.50. The molecular formula is C11H9Br2FN2O. The molecule has 0 spiro atoms. The molecule has 1 aromatic carbocycles. The largest absolute Gasteiger partial charge is 0.466 e. The van der Waals surface area contributed by atoms with E-state index in [2.05, 4.69) is 37.3 Å². The smallest absolute Gasteiger partial charge is 0.140 e. The van der Waals surface area contributed by atoms with Gasteiger partial charge in [0.05, 0.1) is 15.2 Å². The molecule has 0 bridgehead atoms. The Kier molecular flexibility index (Phi) is 3.98. The van der Waals surface area contributed by atoms with Crippen LogP contribution < -0.4 is 11.3 Å². The van der Waals surface area contributed by atoms with Crippen LogP contribution in [0.3, 0.4) is 0 Å². The first-order valence-electron chi connectivity index (χ1n) is 4.77. The van der Waals surface area contributed by atoms with Gasteiger partial charge in [-0.25, -0.2) is 9.82 Å². The summed E-state index contributed by atoms with van der Waals surface area (Å²) in [5.41, 5.74) is 3.29. The minimum absolute atomic E-state index is 0.342. The third-order valence-corrected chi connectivity index (χ3v) is 3.65. The summed E-state index contributed by atoms with van der Waals surface area (Å²) in [6.45, 7) is 0. The van der Waals surface area contributed by atoms with E-state index < -0.39 is 6.04 Å². The highest BCUT2D eigenvalue weighted by Crippen LogP contribution is 2.30. The summed E-state index contributed by atoms with van der Waals surface area (Å²) in [6.07, 6.45) is 1.54. The van der Waals surface area contributed by atoms with Gasteiger partial charge in [0, 0.05) is 0 Å². The lowest BCUT2D eigenvalue weighted by Crippen LogP contribution is -2.28. The summed E-state index contributed by atoms with van der Waals surface area (Å²) in [5, 5.41) is 0.